The number of fused-ring (bicyclic) bond motifs is 1. The predicted octanol–water partition coefficient (Wildman–Crippen LogP) is 2.35. The van der Waals surface area contributed by atoms with Crippen LogP contribution in [0.2, 0.25) is 0 Å². The second kappa shape index (κ2) is 8.56. The standard InChI is InChI=1S/C22H24N6O3S/c1-14-5-8-25-22(24)21(14)17-4-2-3-16-12-20(26-13-18(16)17)27-32(30,31)28-9-6-15(7-10-28)11-19(23)29/h2-5,8,11-13H,6-7,9-10H2,1H3,(H2,23,29)(H2,24,25)(H,26,27). The van der Waals surface area contributed by atoms with Crippen molar-refractivity contribution in [1.82, 2.24) is 14.3 Å². The monoisotopic (exact) mass is 452 g/mol. The number of nitrogens with one attached hydrogen (secondary N) is 1. The number of hydrogen-bond donors (Lipinski definition) is 3. The Morgan fingerprint density at radius 2 is 1.94 bits per heavy atom. The molecule has 0 aliphatic carbocycles. The lowest BCUT2D eigenvalue weighted by Crippen LogP contribution is -2.40. The Morgan fingerprint density at radius 3 is 2.62 bits per heavy atom. The summed E-state index contributed by atoms with van der Waals surface area (Å²) in [5.74, 6) is 0.138. The molecule has 0 spiro atoms. The SMILES string of the molecule is Cc1ccnc(N)c1-c1cccc2cc(NS(=O)(=O)N3CCC(=CC(N)=O)CC3)ncc12. The van der Waals surface area contributed by atoms with Gasteiger partial charge in [-0.05, 0) is 48.4 Å². The van der Waals surface area contributed by atoms with Gasteiger partial charge in [0.25, 0.3) is 0 Å². The molecule has 166 valence electrons. The van der Waals surface area contributed by atoms with Crippen molar-refractivity contribution < 1.29 is 13.2 Å². The van der Waals surface area contributed by atoms with E-state index in [4.69, 9.17) is 11.5 Å². The topological polar surface area (TPSA) is 144 Å². The van der Waals surface area contributed by atoms with Crippen molar-refractivity contribution >= 4 is 38.5 Å². The zero-order chi connectivity index (χ0) is 22.9. The Morgan fingerprint density at radius 1 is 1.19 bits per heavy atom. The number of anilines is 2. The summed E-state index contributed by atoms with van der Waals surface area (Å²) >= 11 is 0. The normalized spacial score (nSPS) is 15.0. The van der Waals surface area contributed by atoms with Crippen LogP contribution in [-0.2, 0) is 15.0 Å². The Kier molecular flexibility index (Phi) is 5.81. The molecule has 10 heteroatoms. The average molecular weight is 453 g/mol. The van der Waals surface area contributed by atoms with Crippen LogP contribution >= 0.6 is 0 Å². The van der Waals surface area contributed by atoms with Crippen molar-refractivity contribution in [3.05, 3.63) is 59.9 Å². The highest BCUT2D eigenvalue weighted by atomic mass is 32.2. The number of primary amides is 1. The summed E-state index contributed by atoms with van der Waals surface area (Å²) < 4.78 is 29.6. The maximum Gasteiger partial charge on any atom is 0.302 e. The van der Waals surface area contributed by atoms with E-state index in [1.165, 1.54) is 10.4 Å². The fourth-order valence-corrected chi connectivity index (χ4v) is 5.10. The van der Waals surface area contributed by atoms with E-state index in [1.807, 2.05) is 31.2 Å². The molecule has 1 aliphatic rings. The van der Waals surface area contributed by atoms with Crippen LogP contribution in [0.5, 0.6) is 0 Å². The molecule has 0 unspecified atom stereocenters. The zero-order valence-electron chi connectivity index (χ0n) is 17.6. The summed E-state index contributed by atoms with van der Waals surface area (Å²) in [6, 6.07) is 9.31. The first-order valence-electron chi connectivity index (χ1n) is 10.1. The highest BCUT2D eigenvalue weighted by Gasteiger charge is 2.26. The molecular weight excluding hydrogens is 428 g/mol. The van der Waals surface area contributed by atoms with Crippen LogP contribution in [0, 0.1) is 6.92 Å². The van der Waals surface area contributed by atoms with E-state index in [2.05, 4.69) is 14.7 Å². The van der Waals surface area contributed by atoms with E-state index < -0.39 is 16.1 Å². The van der Waals surface area contributed by atoms with E-state index in [0.29, 0.717) is 18.7 Å². The molecule has 1 amide bonds. The third kappa shape index (κ3) is 4.41. The van der Waals surface area contributed by atoms with Gasteiger partial charge in [-0.2, -0.15) is 12.7 Å². The van der Waals surface area contributed by atoms with Gasteiger partial charge in [-0.3, -0.25) is 9.52 Å². The minimum absolute atomic E-state index is 0.226. The van der Waals surface area contributed by atoms with Gasteiger partial charge in [-0.25, -0.2) is 9.97 Å². The summed E-state index contributed by atoms with van der Waals surface area (Å²) in [6.07, 6.45) is 5.60. The van der Waals surface area contributed by atoms with Crippen molar-refractivity contribution in [1.29, 1.82) is 0 Å². The number of piperidine rings is 1. The van der Waals surface area contributed by atoms with Gasteiger partial charge >= 0.3 is 10.2 Å². The van der Waals surface area contributed by atoms with Gasteiger partial charge < -0.3 is 11.5 Å². The molecule has 3 heterocycles. The average Bonchev–Trinajstić information content (AvgIpc) is 2.73. The molecule has 0 atom stereocenters. The van der Waals surface area contributed by atoms with Crippen LogP contribution < -0.4 is 16.2 Å². The minimum Gasteiger partial charge on any atom is -0.383 e. The van der Waals surface area contributed by atoms with Crippen LogP contribution in [0.1, 0.15) is 18.4 Å². The molecule has 1 aliphatic heterocycles. The molecule has 1 saturated heterocycles. The van der Waals surface area contributed by atoms with E-state index in [1.54, 1.807) is 18.5 Å². The predicted molar refractivity (Wildman–Crippen MR) is 125 cm³/mol. The number of nitrogens with zero attached hydrogens (tertiary/aromatic N) is 3. The highest BCUT2D eigenvalue weighted by molar-refractivity contribution is 7.90. The first-order valence-corrected chi connectivity index (χ1v) is 11.6. The number of amides is 1. The molecule has 1 fully saturated rings. The van der Waals surface area contributed by atoms with Crippen LogP contribution in [0.3, 0.4) is 0 Å². The number of aryl methyl sites for hydroxylation is 1. The quantitative estimate of drug-likeness (QED) is 0.507. The van der Waals surface area contributed by atoms with E-state index in [0.717, 1.165) is 33.0 Å². The molecule has 0 bridgehead atoms. The lowest BCUT2D eigenvalue weighted by molar-refractivity contribution is -0.113. The van der Waals surface area contributed by atoms with Crippen molar-refractivity contribution in [3.63, 3.8) is 0 Å². The van der Waals surface area contributed by atoms with Gasteiger partial charge in [0.1, 0.15) is 11.6 Å². The number of hydrogen-bond acceptors (Lipinski definition) is 6. The second-order valence-corrected chi connectivity index (χ2v) is 9.37. The summed E-state index contributed by atoms with van der Waals surface area (Å²) in [7, 11) is -3.79. The first kappa shape index (κ1) is 21.7. The van der Waals surface area contributed by atoms with Crippen molar-refractivity contribution in [2.45, 2.75) is 19.8 Å². The maximum absolute atomic E-state index is 12.8. The van der Waals surface area contributed by atoms with Crippen molar-refractivity contribution in [2.75, 3.05) is 23.5 Å². The van der Waals surface area contributed by atoms with E-state index in [-0.39, 0.29) is 18.9 Å². The van der Waals surface area contributed by atoms with E-state index in [9.17, 15) is 13.2 Å². The zero-order valence-corrected chi connectivity index (χ0v) is 18.4. The maximum atomic E-state index is 12.8. The third-order valence-corrected chi connectivity index (χ3v) is 7.02. The molecular formula is C22H24N6O3S. The molecule has 2 aromatic heterocycles. The Labute approximate surface area is 186 Å². The van der Waals surface area contributed by atoms with Gasteiger partial charge in [0.15, 0.2) is 0 Å². The Hall–Kier alpha value is -3.50. The molecule has 3 aromatic rings. The molecule has 5 N–H and O–H groups in total. The molecule has 9 nitrogen and oxygen atoms in total. The number of pyridine rings is 2. The van der Waals surface area contributed by atoms with Crippen LogP contribution in [-0.4, -0.2) is 41.7 Å². The number of aromatic nitrogens is 2. The molecule has 1 aromatic carbocycles. The number of nitrogen functional groups attached to an aromatic ring is 1. The van der Waals surface area contributed by atoms with Crippen molar-refractivity contribution in [3.8, 4) is 11.1 Å². The summed E-state index contributed by atoms with van der Waals surface area (Å²) in [5.41, 5.74) is 14.9. The van der Waals surface area contributed by atoms with Crippen LogP contribution in [0.4, 0.5) is 11.6 Å². The lowest BCUT2D eigenvalue weighted by atomic mass is 9.97. The number of benzene rings is 1. The number of nitrogens with two attached hydrogens (primary N) is 2. The number of rotatable bonds is 5. The number of carbonyl (C=O) groups excluding carboxylic acids is 1. The third-order valence-electron chi connectivity index (χ3n) is 5.51. The molecule has 4 rings (SSSR count). The first-order chi connectivity index (χ1) is 15.2. The highest BCUT2D eigenvalue weighted by Crippen LogP contribution is 2.34. The van der Waals surface area contributed by atoms with Gasteiger partial charge in [0.05, 0.1) is 0 Å². The minimum atomic E-state index is -3.79. The van der Waals surface area contributed by atoms with E-state index >= 15 is 0 Å². The summed E-state index contributed by atoms with van der Waals surface area (Å²) in [4.78, 5) is 19.6. The molecule has 32 heavy (non-hydrogen) atoms. The van der Waals surface area contributed by atoms with Gasteiger partial charge in [0, 0.05) is 42.5 Å². The summed E-state index contributed by atoms with van der Waals surface area (Å²) in [5, 5.41) is 1.67. The Bertz CT molecular complexity index is 1310. The van der Waals surface area contributed by atoms with Gasteiger partial charge in [-0.1, -0.05) is 23.8 Å². The van der Waals surface area contributed by atoms with Crippen LogP contribution in [0.25, 0.3) is 21.9 Å². The van der Waals surface area contributed by atoms with Gasteiger partial charge in [0.2, 0.25) is 5.91 Å². The smallest absolute Gasteiger partial charge is 0.302 e. The largest absolute Gasteiger partial charge is 0.383 e. The van der Waals surface area contributed by atoms with Crippen LogP contribution in [0.15, 0.2) is 54.4 Å². The Balaban J connectivity index is 1.60. The molecule has 0 saturated carbocycles. The fraction of sp³-hybridized carbons (Fsp3) is 0.227. The number of carbonyl (C=O) groups is 1. The summed E-state index contributed by atoms with van der Waals surface area (Å²) in [6.45, 7) is 2.50. The second-order valence-electron chi connectivity index (χ2n) is 7.70. The molecule has 0 radical (unpaired) electrons. The van der Waals surface area contributed by atoms with Crippen molar-refractivity contribution in [2.24, 2.45) is 5.73 Å². The lowest BCUT2D eigenvalue weighted by Gasteiger charge is -2.27. The fourth-order valence-electron chi connectivity index (χ4n) is 3.93. The van der Waals surface area contributed by atoms with Gasteiger partial charge in [-0.15, -0.1) is 0 Å².